The summed E-state index contributed by atoms with van der Waals surface area (Å²) in [6.45, 7) is 7.01. The molecule has 0 bridgehead atoms. The maximum absolute atomic E-state index is 12.7. The van der Waals surface area contributed by atoms with Crippen LogP contribution in [-0.2, 0) is 0 Å². The third kappa shape index (κ3) is 2.75. The molecule has 1 atom stereocenters. The third-order valence-corrected chi connectivity index (χ3v) is 4.20. The molecule has 1 aromatic rings. The highest BCUT2D eigenvalue weighted by molar-refractivity contribution is 5.97. The number of nitrogen functional groups attached to an aromatic ring is 1. The average Bonchev–Trinajstić information content (AvgIpc) is 2.42. The Kier molecular flexibility index (Phi) is 4.13. The van der Waals surface area contributed by atoms with Crippen LogP contribution in [-0.4, -0.2) is 23.4 Å². The van der Waals surface area contributed by atoms with E-state index in [1.54, 1.807) is 0 Å². The van der Waals surface area contributed by atoms with Crippen LogP contribution < -0.4 is 5.73 Å². The fourth-order valence-electron chi connectivity index (χ4n) is 2.95. The second-order valence-corrected chi connectivity index (χ2v) is 5.58. The molecule has 19 heavy (non-hydrogen) atoms. The summed E-state index contributed by atoms with van der Waals surface area (Å²) in [6.07, 6.45) is 4.51. The molecule has 1 saturated heterocycles. The molecule has 2 rings (SSSR count). The molecule has 1 aromatic carbocycles. The normalized spacial score (nSPS) is 19.5. The van der Waals surface area contributed by atoms with Gasteiger partial charge >= 0.3 is 0 Å². The number of nitrogens with two attached hydrogens (primary N) is 1. The van der Waals surface area contributed by atoms with Crippen molar-refractivity contribution >= 4 is 11.6 Å². The largest absolute Gasteiger partial charge is 0.398 e. The highest BCUT2D eigenvalue weighted by atomic mass is 16.2. The van der Waals surface area contributed by atoms with Gasteiger partial charge in [-0.2, -0.15) is 0 Å². The van der Waals surface area contributed by atoms with Gasteiger partial charge in [0.05, 0.1) is 0 Å². The first-order chi connectivity index (χ1) is 9.04. The van der Waals surface area contributed by atoms with Gasteiger partial charge < -0.3 is 10.6 Å². The number of carbonyl (C=O) groups excluding carboxylic acids is 1. The van der Waals surface area contributed by atoms with Gasteiger partial charge in [-0.25, -0.2) is 0 Å². The lowest BCUT2D eigenvalue weighted by Gasteiger charge is -2.35. The number of anilines is 1. The second-order valence-electron chi connectivity index (χ2n) is 5.58. The number of nitrogens with zero attached hydrogens (tertiary/aromatic N) is 1. The number of amides is 1. The SMILES string of the molecule is CCC1CCCCN1C(=O)c1cc(N)c(C)cc1C. The van der Waals surface area contributed by atoms with E-state index in [2.05, 4.69) is 6.92 Å². The Morgan fingerprint density at radius 2 is 2.05 bits per heavy atom. The zero-order valence-corrected chi connectivity index (χ0v) is 12.2. The molecular formula is C16H24N2O. The van der Waals surface area contributed by atoms with E-state index < -0.39 is 0 Å². The summed E-state index contributed by atoms with van der Waals surface area (Å²) in [5, 5.41) is 0. The minimum atomic E-state index is 0.149. The Labute approximate surface area is 115 Å². The van der Waals surface area contributed by atoms with E-state index in [-0.39, 0.29) is 5.91 Å². The predicted octanol–water partition coefficient (Wildman–Crippen LogP) is 3.29. The molecule has 1 unspecified atom stereocenters. The molecule has 0 spiro atoms. The first-order valence-electron chi connectivity index (χ1n) is 7.22. The molecule has 1 heterocycles. The smallest absolute Gasteiger partial charge is 0.254 e. The summed E-state index contributed by atoms with van der Waals surface area (Å²) >= 11 is 0. The summed E-state index contributed by atoms with van der Waals surface area (Å²) < 4.78 is 0. The molecule has 0 saturated carbocycles. The molecule has 0 aromatic heterocycles. The van der Waals surface area contributed by atoms with Gasteiger partial charge in [-0.15, -0.1) is 0 Å². The van der Waals surface area contributed by atoms with Gasteiger partial charge in [-0.05, 0) is 56.7 Å². The molecule has 2 N–H and O–H groups in total. The topological polar surface area (TPSA) is 46.3 Å². The van der Waals surface area contributed by atoms with Gasteiger partial charge in [0.25, 0.3) is 5.91 Å². The van der Waals surface area contributed by atoms with Crippen LogP contribution in [0.15, 0.2) is 12.1 Å². The van der Waals surface area contributed by atoms with Crippen molar-refractivity contribution in [1.82, 2.24) is 4.90 Å². The lowest BCUT2D eigenvalue weighted by Crippen LogP contribution is -2.43. The van der Waals surface area contributed by atoms with Crippen molar-refractivity contribution < 1.29 is 4.79 Å². The predicted molar refractivity (Wildman–Crippen MR) is 79.3 cm³/mol. The zero-order chi connectivity index (χ0) is 14.0. The van der Waals surface area contributed by atoms with Crippen molar-refractivity contribution in [2.75, 3.05) is 12.3 Å². The summed E-state index contributed by atoms with van der Waals surface area (Å²) in [5.74, 6) is 0.149. The number of likely N-dealkylation sites (tertiary alicyclic amines) is 1. The molecule has 1 amide bonds. The van der Waals surface area contributed by atoms with E-state index in [1.807, 2.05) is 30.9 Å². The standard InChI is InChI=1S/C16H24N2O/c1-4-13-7-5-6-8-18(13)16(19)14-10-15(17)12(3)9-11(14)2/h9-10,13H,4-8,17H2,1-3H3. The van der Waals surface area contributed by atoms with Crippen molar-refractivity contribution in [1.29, 1.82) is 0 Å². The first kappa shape index (κ1) is 13.9. The number of aryl methyl sites for hydroxylation is 2. The molecule has 3 nitrogen and oxygen atoms in total. The highest BCUT2D eigenvalue weighted by Gasteiger charge is 2.27. The summed E-state index contributed by atoms with van der Waals surface area (Å²) in [4.78, 5) is 14.8. The zero-order valence-electron chi connectivity index (χ0n) is 12.2. The molecule has 104 valence electrons. The maximum atomic E-state index is 12.7. The molecular weight excluding hydrogens is 236 g/mol. The average molecular weight is 260 g/mol. The summed E-state index contributed by atoms with van der Waals surface area (Å²) in [5.41, 5.74) is 9.49. The van der Waals surface area contributed by atoms with E-state index in [1.165, 1.54) is 6.42 Å². The fraction of sp³-hybridized carbons (Fsp3) is 0.562. The molecule has 0 aliphatic carbocycles. The number of benzene rings is 1. The van der Waals surface area contributed by atoms with E-state index in [0.717, 1.165) is 42.5 Å². The van der Waals surface area contributed by atoms with Crippen LogP contribution in [0, 0.1) is 13.8 Å². The maximum Gasteiger partial charge on any atom is 0.254 e. The highest BCUT2D eigenvalue weighted by Crippen LogP contribution is 2.25. The van der Waals surface area contributed by atoms with E-state index in [4.69, 9.17) is 5.73 Å². The van der Waals surface area contributed by atoms with E-state index in [0.29, 0.717) is 11.7 Å². The molecule has 1 aliphatic rings. The van der Waals surface area contributed by atoms with E-state index in [9.17, 15) is 4.79 Å². The summed E-state index contributed by atoms with van der Waals surface area (Å²) in [6, 6.07) is 4.24. The van der Waals surface area contributed by atoms with Crippen LogP contribution in [0.25, 0.3) is 0 Å². The van der Waals surface area contributed by atoms with Crippen LogP contribution in [0.3, 0.4) is 0 Å². The number of hydrogen-bond donors (Lipinski definition) is 1. The monoisotopic (exact) mass is 260 g/mol. The Bertz CT molecular complexity index is 482. The van der Waals surface area contributed by atoms with Crippen LogP contribution in [0.1, 0.15) is 54.1 Å². The summed E-state index contributed by atoms with van der Waals surface area (Å²) in [7, 11) is 0. The molecule has 1 fully saturated rings. The van der Waals surface area contributed by atoms with Gasteiger partial charge in [0.1, 0.15) is 0 Å². The Hall–Kier alpha value is -1.51. The van der Waals surface area contributed by atoms with Crippen LogP contribution in [0.5, 0.6) is 0 Å². The van der Waals surface area contributed by atoms with Crippen LogP contribution in [0.2, 0.25) is 0 Å². The van der Waals surface area contributed by atoms with Crippen molar-refractivity contribution in [3.8, 4) is 0 Å². The lowest BCUT2D eigenvalue weighted by molar-refractivity contribution is 0.0607. The minimum absolute atomic E-state index is 0.149. The van der Waals surface area contributed by atoms with Gasteiger partial charge in [0.15, 0.2) is 0 Å². The Morgan fingerprint density at radius 1 is 1.32 bits per heavy atom. The first-order valence-corrected chi connectivity index (χ1v) is 7.22. The minimum Gasteiger partial charge on any atom is -0.398 e. The number of rotatable bonds is 2. The number of piperidine rings is 1. The van der Waals surface area contributed by atoms with Gasteiger partial charge in [-0.1, -0.05) is 13.0 Å². The Morgan fingerprint density at radius 3 is 2.74 bits per heavy atom. The van der Waals surface area contributed by atoms with Crippen molar-refractivity contribution in [2.45, 2.75) is 52.5 Å². The third-order valence-electron chi connectivity index (χ3n) is 4.20. The van der Waals surface area contributed by atoms with E-state index >= 15 is 0 Å². The van der Waals surface area contributed by atoms with Crippen LogP contribution >= 0.6 is 0 Å². The molecule has 3 heteroatoms. The quantitative estimate of drug-likeness (QED) is 0.829. The molecule has 0 radical (unpaired) electrons. The van der Waals surface area contributed by atoms with Crippen molar-refractivity contribution in [3.05, 3.63) is 28.8 Å². The number of carbonyl (C=O) groups is 1. The molecule has 1 aliphatic heterocycles. The van der Waals surface area contributed by atoms with Crippen molar-refractivity contribution in [2.24, 2.45) is 0 Å². The second kappa shape index (κ2) is 5.64. The Balaban J connectivity index is 2.30. The number of hydrogen-bond acceptors (Lipinski definition) is 2. The van der Waals surface area contributed by atoms with Gasteiger partial charge in [0.2, 0.25) is 0 Å². The van der Waals surface area contributed by atoms with Crippen molar-refractivity contribution in [3.63, 3.8) is 0 Å². The van der Waals surface area contributed by atoms with Gasteiger partial charge in [-0.3, -0.25) is 4.79 Å². The van der Waals surface area contributed by atoms with Gasteiger partial charge in [0, 0.05) is 23.8 Å². The van der Waals surface area contributed by atoms with Crippen LogP contribution in [0.4, 0.5) is 5.69 Å². The fourth-order valence-corrected chi connectivity index (χ4v) is 2.95. The lowest BCUT2D eigenvalue weighted by atomic mass is 9.97.